The second kappa shape index (κ2) is 6.95. The van der Waals surface area contributed by atoms with Crippen molar-refractivity contribution in [2.24, 2.45) is 5.22 Å². The van der Waals surface area contributed by atoms with Crippen LogP contribution in [0.3, 0.4) is 0 Å². The Morgan fingerprint density at radius 3 is 2.13 bits per heavy atom. The van der Waals surface area contributed by atoms with Crippen LogP contribution in [0.1, 0.15) is 41.5 Å². The molecule has 1 heterocycles. The van der Waals surface area contributed by atoms with Crippen LogP contribution in [0.2, 0.25) is 0 Å². The zero-order valence-electron chi connectivity index (χ0n) is 14.6. The number of esters is 1. The normalized spacial score (nSPS) is 19.0. The van der Waals surface area contributed by atoms with Gasteiger partial charge in [-0.05, 0) is 46.8 Å². The fraction of sp³-hybridized carbons (Fsp3) is 0.857. The molecule has 23 heavy (non-hydrogen) atoms. The molecule has 1 amide bonds. The van der Waals surface area contributed by atoms with E-state index in [9.17, 15) is 9.59 Å². The molecule has 1 atom stereocenters. The minimum Gasteiger partial charge on any atom is -0.458 e. The van der Waals surface area contributed by atoms with Crippen molar-refractivity contribution in [3.05, 3.63) is 10.4 Å². The molecule has 9 nitrogen and oxygen atoms in total. The summed E-state index contributed by atoms with van der Waals surface area (Å²) in [4.78, 5) is 28.8. The first-order valence-corrected chi connectivity index (χ1v) is 7.45. The quantitative estimate of drug-likeness (QED) is 0.335. The SMILES string of the molecule is CC(C)(C)OC(=O)C1CN(N=[N+]=[N-])CCN1C(=O)OC(C)(C)C. The van der Waals surface area contributed by atoms with Crippen LogP contribution in [0.25, 0.3) is 10.4 Å². The summed E-state index contributed by atoms with van der Waals surface area (Å²) in [6, 6.07) is -0.886. The molecule has 130 valence electrons. The molecule has 1 aliphatic rings. The predicted octanol–water partition coefficient (Wildman–Crippen LogP) is 2.47. The lowest BCUT2D eigenvalue weighted by Gasteiger charge is -2.37. The first kappa shape index (κ1) is 18.9. The molecule has 9 heteroatoms. The topological polar surface area (TPSA) is 108 Å². The summed E-state index contributed by atoms with van der Waals surface area (Å²) in [5.41, 5.74) is 7.20. The van der Waals surface area contributed by atoms with E-state index in [1.54, 1.807) is 41.5 Å². The average Bonchev–Trinajstić information content (AvgIpc) is 2.34. The van der Waals surface area contributed by atoms with Crippen LogP contribution in [-0.4, -0.2) is 58.8 Å². The second-order valence-corrected chi connectivity index (χ2v) is 7.31. The van der Waals surface area contributed by atoms with Gasteiger partial charge >= 0.3 is 12.1 Å². The van der Waals surface area contributed by atoms with Gasteiger partial charge in [-0.2, -0.15) is 4.91 Å². The molecule has 1 saturated heterocycles. The van der Waals surface area contributed by atoms with Crippen molar-refractivity contribution >= 4 is 12.1 Å². The maximum Gasteiger partial charge on any atom is 0.411 e. The summed E-state index contributed by atoms with van der Waals surface area (Å²) in [5.74, 6) is -0.554. The largest absolute Gasteiger partial charge is 0.458 e. The van der Waals surface area contributed by atoms with E-state index in [1.807, 2.05) is 0 Å². The molecular formula is C14H25N5O4. The number of azide groups is 1. The van der Waals surface area contributed by atoms with Crippen LogP contribution < -0.4 is 0 Å². The Hall–Kier alpha value is -2.15. The van der Waals surface area contributed by atoms with E-state index in [2.05, 4.69) is 10.1 Å². The maximum absolute atomic E-state index is 12.4. The summed E-state index contributed by atoms with van der Waals surface area (Å²) < 4.78 is 10.7. The van der Waals surface area contributed by atoms with Gasteiger partial charge in [0.25, 0.3) is 0 Å². The Balaban J connectivity index is 2.95. The smallest absolute Gasteiger partial charge is 0.411 e. The number of piperazine rings is 1. The molecule has 1 unspecified atom stereocenters. The lowest BCUT2D eigenvalue weighted by Crippen LogP contribution is -2.58. The van der Waals surface area contributed by atoms with Gasteiger partial charge in [-0.15, -0.1) is 5.53 Å². The van der Waals surface area contributed by atoms with E-state index in [-0.39, 0.29) is 13.1 Å². The third-order valence-electron chi connectivity index (χ3n) is 2.83. The van der Waals surface area contributed by atoms with Crippen LogP contribution in [0.4, 0.5) is 4.79 Å². The first-order chi connectivity index (χ1) is 10.4. The number of rotatable bonds is 2. The maximum atomic E-state index is 12.4. The van der Waals surface area contributed by atoms with Crippen molar-refractivity contribution in [2.75, 3.05) is 19.6 Å². The number of nitrogens with zero attached hydrogens (tertiary/aromatic N) is 5. The number of carbonyl (C=O) groups is 2. The average molecular weight is 327 g/mol. The summed E-state index contributed by atoms with van der Waals surface area (Å²) in [6.45, 7) is 11.1. The lowest BCUT2D eigenvalue weighted by molar-refractivity contribution is -0.163. The third kappa shape index (κ3) is 6.23. The zero-order chi connectivity index (χ0) is 17.8. The summed E-state index contributed by atoms with van der Waals surface area (Å²) in [6.07, 6.45) is -0.589. The molecule has 0 aromatic rings. The number of amides is 1. The molecule has 1 aliphatic heterocycles. The Morgan fingerprint density at radius 2 is 1.65 bits per heavy atom. The van der Waals surface area contributed by atoms with Gasteiger partial charge in [0.1, 0.15) is 24.3 Å². The molecule has 0 N–H and O–H groups in total. The van der Waals surface area contributed by atoms with Gasteiger partial charge in [-0.25, -0.2) is 14.6 Å². The standard InChI is InChI=1S/C14H25N5O4/c1-13(2,3)22-11(20)10-9-18(17-16-15)7-8-19(10)12(21)23-14(4,5)6/h10H,7-9H2,1-6H3. The van der Waals surface area contributed by atoms with E-state index in [0.29, 0.717) is 6.54 Å². The molecule has 1 rings (SSSR count). The van der Waals surface area contributed by atoms with Crippen molar-refractivity contribution < 1.29 is 19.1 Å². The van der Waals surface area contributed by atoms with Crippen LogP contribution in [0, 0.1) is 0 Å². The van der Waals surface area contributed by atoms with Crippen LogP contribution in [0.5, 0.6) is 0 Å². The van der Waals surface area contributed by atoms with Gasteiger partial charge < -0.3 is 9.47 Å². The van der Waals surface area contributed by atoms with Crippen molar-refractivity contribution in [2.45, 2.75) is 58.8 Å². The van der Waals surface area contributed by atoms with Gasteiger partial charge in [0.05, 0.1) is 6.54 Å². The summed E-state index contributed by atoms with van der Waals surface area (Å²) in [7, 11) is 0. The van der Waals surface area contributed by atoms with E-state index >= 15 is 0 Å². The van der Waals surface area contributed by atoms with Crippen molar-refractivity contribution in [3.8, 4) is 0 Å². The minimum absolute atomic E-state index is 0.0677. The minimum atomic E-state index is -0.886. The lowest BCUT2D eigenvalue weighted by atomic mass is 10.1. The predicted molar refractivity (Wildman–Crippen MR) is 83.3 cm³/mol. The van der Waals surface area contributed by atoms with Crippen molar-refractivity contribution in [1.29, 1.82) is 0 Å². The van der Waals surface area contributed by atoms with E-state index in [1.165, 1.54) is 9.91 Å². The molecule has 0 bridgehead atoms. The van der Waals surface area contributed by atoms with Crippen LogP contribution in [-0.2, 0) is 14.3 Å². The van der Waals surface area contributed by atoms with Gasteiger partial charge in [0, 0.05) is 0 Å². The highest BCUT2D eigenvalue weighted by Crippen LogP contribution is 2.19. The van der Waals surface area contributed by atoms with E-state index in [4.69, 9.17) is 15.0 Å². The van der Waals surface area contributed by atoms with Crippen molar-refractivity contribution in [1.82, 2.24) is 9.91 Å². The van der Waals surface area contributed by atoms with Gasteiger partial charge in [0.15, 0.2) is 6.04 Å². The molecule has 0 aliphatic carbocycles. The Morgan fingerprint density at radius 1 is 1.09 bits per heavy atom. The summed E-state index contributed by atoms with van der Waals surface area (Å²) in [5, 5.41) is 4.91. The zero-order valence-corrected chi connectivity index (χ0v) is 14.6. The number of carbonyl (C=O) groups excluding carboxylic acids is 2. The monoisotopic (exact) mass is 327 g/mol. The third-order valence-corrected chi connectivity index (χ3v) is 2.83. The number of hydrogen-bond acceptors (Lipinski definition) is 5. The Kier molecular flexibility index (Phi) is 5.71. The molecule has 1 fully saturated rings. The van der Waals surface area contributed by atoms with Crippen LogP contribution in [0.15, 0.2) is 5.22 Å². The molecule has 0 aromatic heterocycles. The highest BCUT2D eigenvalue weighted by atomic mass is 16.6. The summed E-state index contributed by atoms with van der Waals surface area (Å²) >= 11 is 0. The molecule has 0 spiro atoms. The van der Waals surface area contributed by atoms with Crippen molar-refractivity contribution in [3.63, 3.8) is 0 Å². The van der Waals surface area contributed by atoms with Gasteiger partial charge in [-0.1, -0.05) is 0 Å². The molecular weight excluding hydrogens is 302 g/mol. The highest BCUT2D eigenvalue weighted by Gasteiger charge is 2.41. The highest BCUT2D eigenvalue weighted by molar-refractivity contribution is 5.82. The molecule has 0 aromatic carbocycles. The Bertz CT molecular complexity index is 502. The first-order valence-electron chi connectivity index (χ1n) is 7.45. The molecule has 0 radical (unpaired) electrons. The van der Waals surface area contributed by atoms with E-state index in [0.717, 1.165) is 0 Å². The van der Waals surface area contributed by atoms with E-state index < -0.39 is 29.3 Å². The number of hydrogen-bond donors (Lipinski definition) is 0. The van der Waals surface area contributed by atoms with Gasteiger partial charge in [-0.3, -0.25) is 4.90 Å². The fourth-order valence-electron chi connectivity index (χ4n) is 2.02. The fourth-order valence-corrected chi connectivity index (χ4v) is 2.02. The molecule has 0 saturated carbocycles. The second-order valence-electron chi connectivity index (χ2n) is 7.31. The Labute approximate surface area is 136 Å². The number of ether oxygens (including phenoxy) is 2. The van der Waals surface area contributed by atoms with Crippen LogP contribution >= 0.6 is 0 Å². The van der Waals surface area contributed by atoms with Gasteiger partial charge in [0.2, 0.25) is 0 Å².